The van der Waals surface area contributed by atoms with E-state index >= 15 is 0 Å². The molecule has 5 nitrogen and oxygen atoms in total. The SMILES string of the molecule is C[Si](C)(O)O.O=S(=O)(O)C(F)(F)F. The molecule has 10 heteroatoms. The third-order valence-electron chi connectivity index (χ3n) is 0.292. The van der Waals surface area contributed by atoms with E-state index in [4.69, 9.17) is 22.6 Å². The summed E-state index contributed by atoms with van der Waals surface area (Å²) in [6.07, 6.45) is 0. The molecule has 13 heavy (non-hydrogen) atoms. The fourth-order valence-electron chi connectivity index (χ4n) is 0. The zero-order valence-electron chi connectivity index (χ0n) is 6.70. The zero-order valence-corrected chi connectivity index (χ0v) is 8.52. The van der Waals surface area contributed by atoms with Crippen molar-refractivity contribution < 1.29 is 35.7 Å². The highest BCUT2D eigenvalue weighted by Gasteiger charge is 2.44. The van der Waals surface area contributed by atoms with Crippen molar-refractivity contribution in [2.75, 3.05) is 0 Å². The Morgan fingerprint density at radius 3 is 1.23 bits per heavy atom. The largest absolute Gasteiger partial charge is 0.522 e. The van der Waals surface area contributed by atoms with Crippen molar-refractivity contribution in [1.82, 2.24) is 0 Å². The van der Waals surface area contributed by atoms with Gasteiger partial charge in [0.05, 0.1) is 0 Å². The van der Waals surface area contributed by atoms with E-state index in [0.717, 1.165) is 0 Å². The molecule has 0 bridgehead atoms. The van der Waals surface area contributed by atoms with Crippen molar-refractivity contribution in [3.8, 4) is 0 Å². The summed E-state index contributed by atoms with van der Waals surface area (Å²) in [7, 11) is -8.45. The Hall–Kier alpha value is -0.163. The van der Waals surface area contributed by atoms with E-state index in [0.29, 0.717) is 0 Å². The number of hydrogen-bond acceptors (Lipinski definition) is 4. The molecule has 0 aliphatic heterocycles. The molecule has 0 saturated carbocycles. The highest BCUT2D eigenvalue weighted by molar-refractivity contribution is 7.86. The van der Waals surface area contributed by atoms with Crippen molar-refractivity contribution in [2.24, 2.45) is 0 Å². The Bertz CT molecular complexity index is 233. The summed E-state index contributed by atoms with van der Waals surface area (Å²) in [5.41, 5.74) is -5.53. The second kappa shape index (κ2) is 4.37. The van der Waals surface area contributed by atoms with Gasteiger partial charge >= 0.3 is 24.2 Å². The van der Waals surface area contributed by atoms with Gasteiger partial charge in [0.1, 0.15) is 0 Å². The van der Waals surface area contributed by atoms with Crippen molar-refractivity contribution in [3.63, 3.8) is 0 Å². The topological polar surface area (TPSA) is 94.8 Å². The first-order valence-corrected chi connectivity index (χ1v) is 7.07. The molecule has 0 aromatic heterocycles. The molecule has 0 aliphatic rings. The van der Waals surface area contributed by atoms with E-state index in [-0.39, 0.29) is 0 Å². The molecule has 0 atom stereocenters. The number of alkyl halides is 3. The van der Waals surface area contributed by atoms with Gasteiger partial charge in [-0.25, -0.2) is 0 Å². The first kappa shape index (κ1) is 15.3. The van der Waals surface area contributed by atoms with E-state index in [1.165, 1.54) is 13.1 Å². The lowest BCUT2D eigenvalue weighted by molar-refractivity contribution is -0.0510. The van der Waals surface area contributed by atoms with Crippen LogP contribution in [0.15, 0.2) is 0 Å². The summed E-state index contributed by atoms with van der Waals surface area (Å²) in [5.74, 6) is 0. The number of hydrogen-bond donors (Lipinski definition) is 3. The standard InChI is InChI=1S/C2H8O2Si.CHF3O3S/c1-5(2,3)4;2-1(3,4)8(5,6)7/h3-4H,1-2H3;(H,5,6,7). The number of halogens is 3. The highest BCUT2D eigenvalue weighted by atomic mass is 32.2. The van der Waals surface area contributed by atoms with Gasteiger partial charge in [-0.05, 0) is 13.1 Å². The molecule has 82 valence electrons. The van der Waals surface area contributed by atoms with E-state index in [1.807, 2.05) is 0 Å². The van der Waals surface area contributed by atoms with Gasteiger partial charge in [-0.2, -0.15) is 21.6 Å². The molecule has 0 saturated heterocycles. The van der Waals surface area contributed by atoms with Crippen LogP contribution in [0.5, 0.6) is 0 Å². The fraction of sp³-hybridized carbons (Fsp3) is 1.00. The highest BCUT2D eigenvalue weighted by Crippen LogP contribution is 2.20. The summed E-state index contributed by atoms with van der Waals surface area (Å²) < 4.78 is 57.5. The average molecular weight is 242 g/mol. The van der Waals surface area contributed by atoms with Gasteiger partial charge in [0.25, 0.3) is 0 Å². The molecule has 0 aromatic rings. The Labute approximate surface area is 73.8 Å². The van der Waals surface area contributed by atoms with Crippen molar-refractivity contribution in [3.05, 3.63) is 0 Å². The van der Waals surface area contributed by atoms with Gasteiger partial charge < -0.3 is 9.59 Å². The first-order chi connectivity index (χ1) is 5.25. The predicted molar refractivity (Wildman–Crippen MR) is 39.5 cm³/mol. The Balaban J connectivity index is 0. The van der Waals surface area contributed by atoms with E-state index in [9.17, 15) is 13.2 Å². The molecule has 0 spiro atoms. The van der Waals surface area contributed by atoms with Crippen LogP contribution in [-0.2, 0) is 10.1 Å². The fourth-order valence-corrected chi connectivity index (χ4v) is 0. The molecular formula is C3H9F3O5SSi. The average Bonchev–Trinajstić information content (AvgIpc) is 1.50. The summed E-state index contributed by atoms with van der Waals surface area (Å²) in [6, 6.07) is 0. The first-order valence-electron chi connectivity index (χ1n) is 2.73. The summed E-state index contributed by atoms with van der Waals surface area (Å²) in [4.78, 5) is 16.4. The van der Waals surface area contributed by atoms with E-state index < -0.39 is 24.2 Å². The minimum Gasteiger partial charge on any atom is -0.411 e. The molecule has 3 N–H and O–H groups in total. The van der Waals surface area contributed by atoms with Crippen LogP contribution in [0.4, 0.5) is 13.2 Å². The van der Waals surface area contributed by atoms with Crippen LogP contribution in [0, 0.1) is 0 Å². The van der Waals surface area contributed by atoms with Crippen LogP contribution in [0.1, 0.15) is 0 Å². The third kappa shape index (κ3) is 14.7. The van der Waals surface area contributed by atoms with Gasteiger partial charge in [-0.15, -0.1) is 0 Å². The minimum atomic E-state index is -5.84. The van der Waals surface area contributed by atoms with Gasteiger partial charge in [0, 0.05) is 0 Å². The maximum Gasteiger partial charge on any atom is 0.522 e. The van der Waals surface area contributed by atoms with Crippen LogP contribution in [-0.4, -0.2) is 36.6 Å². The van der Waals surface area contributed by atoms with Crippen LogP contribution in [0.2, 0.25) is 13.1 Å². The van der Waals surface area contributed by atoms with E-state index in [2.05, 4.69) is 0 Å². The molecule has 0 unspecified atom stereocenters. The monoisotopic (exact) mass is 242 g/mol. The maximum atomic E-state index is 10.7. The van der Waals surface area contributed by atoms with Crippen molar-refractivity contribution in [2.45, 2.75) is 18.6 Å². The second-order valence-corrected chi connectivity index (χ2v) is 6.82. The van der Waals surface area contributed by atoms with Crippen LogP contribution >= 0.6 is 0 Å². The lowest BCUT2D eigenvalue weighted by Gasteiger charge is -1.97. The quantitative estimate of drug-likeness (QED) is 0.317. The minimum absolute atomic E-state index is 1.44. The number of rotatable bonds is 0. The summed E-state index contributed by atoms with van der Waals surface area (Å²) in [6.45, 7) is 2.88. The molecule has 0 aliphatic carbocycles. The second-order valence-electron chi connectivity index (χ2n) is 2.42. The Morgan fingerprint density at radius 2 is 1.23 bits per heavy atom. The third-order valence-corrected chi connectivity index (χ3v) is 0.877. The molecule has 0 aromatic carbocycles. The maximum absolute atomic E-state index is 10.7. The lowest BCUT2D eigenvalue weighted by Crippen LogP contribution is -2.23. The van der Waals surface area contributed by atoms with Crippen LogP contribution in [0.3, 0.4) is 0 Å². The van der Waals surface area contributed by atoms with Crippen LogP contribution in [0.25, 0.3) is 0 Å². The molecule has 0 fully saturated rings. The summed E-state index contributed by atoms with van der Waals surface area (Å²) >= 11 is 0. The van der Waals surface area contributed by atoms with Gasteiger partial charge in [0.2, 0.25) is 0 Å². The predicted octanol–water partition coefficient (Wildman–Crippen LogP) is 0.0668. The van der Waals surface area contributed by atoms with Crippen LogP contribution < -0.4 is 0 Å². The molecule has 0 radical (unpaired) electrons. The Morgan fingerprint density at radius 1 is 1.15 bits per heavy atom. The molecule has 0 rings (SSSR count). The van der Waals surface area contributed by atoms with Gasteiger partial charge in [0.15, 0.2) is 0 Å². The van der Waals surface area contributed by atoms with Crippen molar-refractivity contribution in [1.29, 1.82) is 0 Å². The zero-order chi connectivity index (χ0) is 11.5. The normalized spacial score (nSPS) is 13.2. The smallest absolute Gasteiger partial charge is 0.411 e. The van der Waals surface area contributed by atoms with Gasteiger partial charge in [-0.3, -0.25) is 4.55 Å². The van der Waals surface area contributed by atoms with E-state index in [1.54, 1.807) is 0 Å². The molecule has 0 amide bonds. The summed E-state index contributed by atoms with van der Waals surface area (Å²) in [5, 5.41) is 0. The molecule has 0 heterocycles. The Kier molecular flexibility index (Phi) is 5.15. The van der Waals surface area contributed by atoms with Gasteiger partial charge in [-0.1, -0.05) is 0 Å². The van der Waals surface area contributed by atoms with Crippen molar-refractivity contribution >= 4 is 18.7 Å². The molecular weight excluding hydrogens is 233 g/mol. The lowest BCUT2D eigenvalue weighted by atomic mass is 11.6.